The predicted molar refractivity (Wildman–Crippen MR) is 130 cm³/mol. The van der Waals surface area contributed by atoms with Gasteiger partial charge in [-0.25, -0.2) is 19.0 Å². The molecule has 0 aliphatic heterocycles. The van der Waals surface area contributed by atoms with Crippen molar-refractivity contribution in [3.63, 3.8) is 0 Å². The molecule has 17 heteroatoms. The summed E-state index contributed by atoms with van der Waals surface area (Å²) in [5, 5.41) is 11.2. The van der Waals surface area contributed by atoms with Crippen molar-refractivity contribution in [2.75, 3.05) is 32.1 Å². The van der Waals surface area contributed by atoms with Gasteiger partial charge >= 0.3 is 24.1 Å². The largest absolute Gasteiger partial charge is 0.490 e. The molecule has 4 aromatic rings. The molecule has 2 N–H and O–H groups in total. The summed E-state index contributed by atoms with van der Waals surface area (Å²) in [6, 6.07) is 7.95. The van der Waals surface area contributed by atoms with Crippen LogP contribution in [0, 0.1) is 5.82 Å². The average Bonchev–Trinajstić information content (AvgIpc) is 3.46. The SMILES string of the molecule is CN(C)CCN(Cc1ccc(-c2noc(=O)[nH]2)c(F)c1)c1nc2ccc(C(F)(F)F)cc2s1.O=C(O)C(F)(F)F. The van der Waals surface area contributed by atoms with Crippen molar-refractivity contribution in [1.82, 2.24) is 20.0 Å². The number of likely N-dealkylation sites (N-methyl/N-ethyl adjacent to an activating group) is 1. The molecular weight excluding hydrogens is 575 g/mol. The first-order valence-electron chi connectivity index (χ1n) is 11.1. The van der Waals surface area contributed by atoms with E-state index in [4.69, 9.17) is 9.90 Å². The number of aromatic nitrogens is 3. The quantitative estimate of drug-likeness (QED) is 0.287. The molecule has 0 fully saturated rings. The number of H-pyrrole nitrogens is 1. The van der Waals surface area contributed by atoms with E-state index in [-0.39, 0.29) is 17.9 Å². The van der Waals surface area contributed by atoms with Crippen molar-refractivity contribution in [1.29, 1.82) is 0 Å². The number of hydrogen-bond acceptors (Lipinski definition) is 8. The minimum absolute atomic E-state index is 0.0137. The zero-order valence-corrected chi connectivity index (χ0v) is 21.4. The standard InChI is InChI=1S/C21H19F4N5O2S.C2HF3O2/c1-29(2)7-8-30(19-26-16-6-4-13(21(23,24)25)10-17(16)33-19)11-12-3-5-14(15(22)9-12)18-27-20(31)32-28-18;3-2(4,5)1(6)7/h3-6,9-10H,7-8,11H2,1-2H3,(H,27,28,31);(H,6,7). The number of fused-ring (bicyclic) bond motifs is 1. The van der Waals surface area contributed by atoms with Crippen LogP contribution in [0.1, 0.15) is 11.1 Å². The van der Waals surface area contributed by atoms with Gasteiger partial charge in [-0.3, -0.25) is 9.51 Å². The van der Waals surface area contributed by atoms with Crippen molar-refractivity contribution >= 4 is 32.7 Å². The number of carbonyl (C=O) groups is 1. The van der Waals surface area contributed by atoms with Crippen molar-refractivity contribution in [2.24, 2.45) is 0 Å². The second kappa shape index (κ2) is 12.0. The van der Waals surface area contributed by atoms with E-state index < -0.39 is 35.5 Å². The lowest BCUT2D eigenvalue weighted by Crippen LogP contribution is -2.31. The van der Waals surface area contributed by atoms with Crippen LogP contribution in [0.3, 0.4) is 0 Å². The summed E-state index contributed by atoms with van der Waals surface area (Å²) in [5.74, 6) is -4.15. The highest BCUT2D eigenvalue weighted by Crippen LogP contribution is 2.36. The van der Waals surface area contributed by atoms with Crippen LogP contribution < -0.4 is 10.7 Å². The van der Waals surface area contributed by atoms with Gasteiger partial charge in [0, 0.05) is 19.6 Å². The van der Waals surface area contributed by atoms with Gasteiger partial charge in [0.2, 0.25) is 0 Å². The first kappa shape index (κ1) is 30.6. The summed E-state index contributed by atoms with van der Waals surface area (Å²) < 4.78 is 90.5. The molecule has 40 heavy (non-hydrogen) atoms. The van der Waals surface area contributed by atoms with E-state index in [1.807, 2.05) is 23.9 Å². The third-order valence-electron chi connectivity index (χ3n) is 5.14. The smallest absolute Gasteiger partial charge is 0.475 e. The third kappa shape index (κ3) is 8.01. The molecule has 2 aromatic heterocycles. The molecule has 0 aliphatic carbocycles. The summed E-state index contributed by atoms with van der Waals surface area (Å²) in [6.45, 7) is 1.47. The van der Waals surface area contributed by atoms with Gasteiger partial charge in [0.15, 0.2) is 11.0 Å². The van der Waals surface area contributed by atoms with Crippen LogP contribution in [-0.2, 0) is 17.5 Å². The van der Waals surface area contributed by atoms with Gasteiger partial charge in [-0.2, -0.15) is 26.3 Å². The Hall–Kier alpha value is -3.99. The zero-order chi connectivity index (χ0) is 29.8. The molecule has 0 unspecified atom stereocenters. The summed E-state index contributed by atoms with van der Waals surface area (Å²) in [4.78, 5) is 30.7. The highest BCUT2D eigenvalue weighted by atomic mass is 32.1. The fourth-order valence-corrected chi connectivity index (χ4v) is 4.23. The van der Waals surface area contributed by atoms with Gasteiger partial charge in [-0.1, -0.05) is 22.6 Å². The number of carboxylic acid groups (broad SMARTS) is 1. The second-order valence-electron chi connectivity index (χ2n) is 8.46. The number of hydrogen-bond donors (Lipinski definition) is 2. The number of nitrogens with zero attached hydrogens (tertiary/aromatic N) is 4. The normalized spacial score (nSPS) is 11.9. The fourth-order valence-electron chi connectivity index (χ4n) is 3.20. The Kier molecular flexibility index (Phi) is 9.19. The monoisotopic (exact) mass is 595 g/mol. The first-order valence-corrected chi connectivity index (χ1v) is 11.9. The summed E-state index contributed by atoms with van der Waals surface area (Å²) in [5.41, 5.74) is 0.447. The fraction of sp³-hybridized carbons (Fsp3) is 0.304. The average molecular weight is 595 g/mol. The lowest BCUT2D eigenvalue weighted by atomic mass is 10.1. The molecule has 0 saturated carbocycles. The van der Waals surface area contributed by atoms with Crippen molar-refractivity contribution in [3.05, 3.63) is 63.9 Å². The van der Waals surface area contributed by atoms with E-state index in [1.54, 1.807) is 6.07 Å². The molecule has 0 aliphatic rings. The molecule has 2 aromatic carbocycles. The molecule has 0 amide bonds. The maximum absolute atomic E-state index is 14.7. The number of nitrogens with one attached hydrogen (secondary N) is 1. The number of carboxylic acids is 1. The number of halogens is 7. The van der Waals surface area contributed by atoms with Crippen LogP contribution in [0.4, 0.5) is 35.9 Å². The van der Waals surface area contributed by atoms with E-state index in [0.717, 1.165) is 23.5 Å². The van der Waals surface area contributed by atoms with Gasteiger partial charge in [-0.05, 0) is 50.0 Å². The molecule has 0 radical (unpaired) electrons. The highest BCUT2D eigenvalue weighted by Gasteiger charge is 2.38. The highest BCUT2D eigenvalue weighted by molar-refractivity contribution is 7.22. The third-order valence-corrected chi connectivity index (χ3v) is 6.22. The van der Waals surface area contributed by atoms with Crippen LogP contribution in [0.25, 0.3) is 21.6 Å². The van der Waals surface area contributed by atoms with Crippen LogP contribution in [0.5, 0.6) is 0 Å². The number of rotatable bonds is 7. The number of aromatic amines is 1. The van der Waals surface area contributed by atoms with Gasteiger partial charge in [-0.15, -0.1) is 0 Å². The lowest BCUT2D eigenvalue weighted by molar-refractivity contribution is -0.192. The number of anilines is 1. The molecule has 2 heterocycles. The maximum Gasteiger partial charge on any atom is 0.490 e. The van der Waals surface area contributed by atoms with Crippen molar-refractivity contribution in [3.8, 4) is 11.4 Å². The van der Waals surface area contributed by atoms with E-state index in [1.165, 1.54) is 18.2 Å². The van der Waals surface area contributed by atoms with Crippen LogP contribution >= 0.6 is 11.3 Å². The van der Waals surface area contributed by atoms with Crippen molar-refractivity contribution in [2.45, 2.75) is 18.9 Å². The Morgan fingerprint density at radius 2 is 1.75 bits per heavy atom. The Morgan fingerprint density at radius 1 is 1.07 bits per heavy atom. The predicted octanol–water partition coefficient (Wildman–Crippen LogP) is 5.00. The molecule has 0 spiro atoms. The molecule has 0 atom stereocenters. The Morgan fingerprint density at radius 3 is 2.27 bits per heavy atom. The van der Waals surface area contributed by atoms with Gasteiger partial charge in [0.1, 0.15) is 5.82 Å². The van der Waals surface area contributed by atoms with Crippen LogP contribution in [0.15, 0.2) is 45.7 Å². The molecular formula is C23H20F7N5O4S. The molecule has 216 valence electrons. The molecule has 9 nitrogen and oxygen atoms in total. The van der Waals surface area contributed by atoms with E-state index in [2.05, 4.69) is 19.6 Å². The van der Waals surface area contributed by atoms with E-state index in [9.17, 15) is 35.5 Å². The van der Waals surface area contributed by atoms with Gasteiger partial charge in [0.05, 0.1) is 21.3 Å². The van der Waals surface area contributed by atoms with Crippen LogP contribution in [-0.4, -0.2) is 64.5 Å². The number of aliphatic carboxylic acids is 1. The van der Waals surface area contributed by atoms with Crippen LogP contribution in [0.2, 0.25) is 0 Å². The Balaban J connectivity index is 0.000000559. The zero-order valence-electron chi connectivity index (χ0n) is 20.6. The van der Waals surface area contributed by atoms with Gasteiger partial charge in [0.25, 0.3) is 0 Å². The first-order chi connectivity index (χ1) is 18.5. The topological polar surface area (TPSA) is 116 Å². The second-order valence-corrected chi connectivity index (χ2v) is 9.47. The Labute approximate surface area is 224 Å². The lowest BCUT2D eigenvalue weighted by Gasteiger charge is -2.24. The summed E-state index contributed by atoms with van der Waals surface area (Å²) in [7, 11) is 3.80. The summed E-state index contributed by atoms with van der Waals surface area (Å²) in [6.07, 6.45) is -9.52. The van der Waals surface area contributed by atoms with Gasteiger partial charge < -0.3 is 14.9 Å². The van der Waals surface area contributed by atoms with E-state index in [0.29, 0.717) is 34.0 Å². The van der Waals surface area contributed by atoms with E-state index >= 15 is 0 Å². The molecule has 0 saturated heterocycles. The minimum atomic E-state index is -5.08. The number of alkyl halides is 6. The number of thiazole rings is 1. The minimum Gasteiger partial charge on any atom is -0.475 e. The van der Waals surface area contributed by atoms with Crippen molar-refractivity contribution < 1.29 is 45.2 Å². The Bertz CT molecular complexity index is 1530. The molecule has 4 rings (SSSR count). The number of benzene rings is 2. The summed E-state index contributed by atoms with van der Waals surface area (Å²) >= 11 is 1.15. The molecule has 0 bridgehead atoms. The maximum atomic E-state index is 14.7.